The first-order valence-electron chi connectivity index (χ1n) is 12.6. The van der Waals surface area contributed by atoms with Gasteiger partial charge in [0.15, 0.2) is 21.3 Å². The summed E-state index contributed by atoms with van der Waals surface area (Å²) in [6.07, 6.45) is -1.03. The molecule has 39 heavy (non-hydrogen) atoms. The summed E-state index contributed by atoms with van der Waals surface area (Å²) in [5.41, 5.74) is 8.31. The van der Waals surface area contributed by atoms with Crippen molar-refractivity contribution in [3.05, 3.63) is 42.5 Å². The number of ether oxygens (including phenoxy) is 1. The summed E-state index contributed by atoms with van der Waals surface area (Å²) in [4.78, 5) is 24.3. The standard InChI is InChI=1S/C25H35N7O6S/c1-25(2,3)15-5-7-16(8-6-15)31-24(35)27-9-4-10-39(36,37)12-18-21(34)20(33)17(11-38-18)32-14-30-19-22(26)28-13-29-23(19)32/h5-8,13-14,17-18,20-21,33-34H,4,9-12H2,1-3H3,(H2,26,28,29)(H2,27,31,35)/t17?,18-,20+,21-/m1/s1. The van der Waals surface area contributed by atoms with E-state index >= 15 is 0 Å². The van der Waals surface area contributed by atoms with Gasteiger partial charge in [-0.05, 0) is 29.5 Å². The maximum atomic E-state index is 12.7. The number of aliphatic hydroxyl groups excluding tert-OH is 2. The summed E-state index contributed by atoms with van der Waals surface area (Å²) in [5.74, 6) is -0.511. The number of carbonyl (C=O) groups is 1. The Labute approximate surface area is 226 Å². The summed E-state index contributed by atoms with van der Waals surface area (Å²) in [7, 11) is -3.65. The predicted molar refractivity (Wildman–Crippen MR) is 146 cm³/mol. The molecule has 2 amide bonds. The SMILES string of the molecule is CC(C)(C)c1ccc(NC(=O)NCCCS(=O)(=O)C[C@H]2OCC(n3cnc4c(N)ncnc43)[C@H](O)[C@@H]2O)cc1. The molecule has 4 atom stereocenters. The topological polar surface area (TPSA) is 195 Å². The van der Waals surface area contributed by atoms with Gasteiger partial charge in [0.25, 0.3) is 0 Å². The van der Waals surface area contributed by atoms with Crippen LogP contribution in [0.15, 0.2) is 36.9 Å². The Hall–Kier alpha value is -3.33. The van der Waals surface area contributed by atoms with Gasteiger partial charge >= 0.3 is 6.03 Å². The third-order valence-corrected chi connectivity index (χ3v) is 8.44. The number of nitrogen functional groups attached to an aromatic ring is 1. The van der Waals surface area contributed by atoms with Crippen LogP contribution in [0.4, 0.5) is 16.3 Å². The fourth-order valence-electron chi connectivity index (χ4n) is 4.43. The highest BCUT2D eigenvalue weighted by Gasteiger charge is 2.41. The molecule has 1 aromatic carbocycles. The van der Waals surface area contributed by atoms with Gasteiger partial charge in [-0.2, -0.15) is 0 Å². The van der Waals surface area contributed by atoms with Crippen molar-refractivity contribution in [2.75, 3.05) is 35.7 Å². The van der Waals surface area contributed by atoms with Crippen LogP contribution < -0.4 is 16.4 Å². The van der Waals surface area contributed by atoms with Crippen LogP contribution in [0, 0.1) is 0 Å². The number of anilines is 2. The number of nitrogens with zero attached hydrogens (tertiary/aromatic N) is 4. The summed E-state index contributed by atoms with van der Waals surface area (Å²) in [6, 6.07) is 6.35. The van der Waals surface area contributed by atoms with Crippen molar-refractivity contribution >= 4 is 38.5 Å². The molecule has 0 radical (unpaired) electrons. The minimum atomic E-state index is -3.65. The molecule has 3 heterocycles. The van der Waals surface area contributed by atoms with Crippen molar-refractivity contribution in [1.82, 2.24) is 24.8 Å². The van der Waals surface area contributed by atoms with E-state index < -0.39 is 46.0 Å². The maximum absolute atomic E-state index is 12.7. The van der Waals surface area contributed by atoms with Crippen molar-refractivity contribution in [2.24, 2.45) is 0 Å². The van der Waals surface area contributed by atoms with Gasteiger partial charge in [-0.1, -0.05) is 32.9 Å². The zero-order chi connectivity index (χ0) is 28.4. The van der Waals surface area contributed by atoms with Gasteiger partial charge < -0.3 is 35.9 Å². The molecule has 6 N–H and O–H groups in total. The van der Waals surface area contributed by atoms with Crippen LogP contribution in [0.5, 0.6) is 0 Å². The zero-order valence-electron chi connectivity index (χ0n) is 22.1. The molecule has 1 aliphatic rings. The molecule has 1 aliphatic heterocycles. The van der Waals surface area contributed by atoms with Crippen LogP contribution in [-0.4, -0.2) is 87.2 Å². The highest BCUT2D eigenvalue weighted by atomic mass is 32.2. The predicted octanol–water partition coefficient (Wildman–Crippen LogP) is 0.994. The number of rotatable bonds is 8. The minimum Gasteiger partial charge on any atom is -0.388 e. The number of aromatic nitrogens is 4. The van der Waals surface area contributed by atoms with E-state index in [0.29, 0.717) is 16.9 Å². The molecule has 2 aromatic heterocycles. The molecule has 1 saturated heterocycles. The highest BCUT2D eigenvalue weighted by molar-refractivity contribution is 7.91. The van der Waals surface area contributed by atoms with Crippen molar-refractivity contribution in [2.45, 2.75) is 57.0 Å². The molecule has 1 unspecified atom stereocenters. The van der Waals surface area contributed by atoms with Crippen molar-refractivity contribution in [3.63, 3.8) is 0 Å². The summed E-state index contributed by atoms with van der Waals surface area (Å²) in [5, 5.41) is 26.8. The summed E-state index contributed by atoms with van der Waals surface area (Å²) < 4.78 is 32.5. The number of fused-ring (bicyclic) bond motifs is 1. The molecule has 1 fully saturated rings. The summed E-state index contributed by atoms with van der Waals surface area (Å²) in [6.45, 7) is 6.39. The minimum absolute atomic E-state index is 0.00413. The number of sulfone groups is 1. The Morgan fingerprint density at radius 3 is 2.56 bits per heavy atom. The lowest BCUT2D eigenvalue weighted by Gasteiger charge is -2.38. The molecule has 0 aliphatic carbocycles. The van der Waals surface area contributed by atoms with Crippen LogP contribution in [-0.2, 0) is 20.0 Å². The number of nitrogens with two attached hydrogens (primary N) is 1. The van der Waals surface area contributed by atoms with Crippen LogP contribution in [0.1, 0.15) is 38.8 Å². The quantitative estimate of drug-likeness (QED) is 0.248. The first kappa shape index (κ1) is 28.7. The number of hydrogen-bond donors (Lipinski definition) is 5. The Morgan fingerprint density at radius 1 is 1.15 bits per heavy atom. The van der Waals surface area contributed by atoms with Crippen LogP contribution in [0.25, 0.3) is 11.2 Å². The number of urea groups is 1. The van der Waals surface area contributed by atoms with E-state index in [4.69, 9.17) is 10.5 Å². The monoisotopic (exact) mass is 561 g/mol. The largest absolute Gasteiger partial charge is 0.388 e. The second-order valence-corrected chi connectivity index (χ2v) is 12.9. The lowest BCUT2D eigenvalue weighted by atomic mass is 9.87. The molecule has 13 nitrogen and oxygen atoms in total. The third-order valence-electron chi connectivity index (χ3n) is 6.70. The number of amides is 2. The van der Waals surface area contributed by atoms with Gasteiger partial charge in [0.05, 0.1) is 30.5 Å². The van der Waals surface area contributed by atoms with Gasteiger partial charge in [0, 0.05) is 12.2 Å². The first-order valence-corrected chi connectivity index (χ1v) is 14.4. The second kappa shape index (κ2) is 11.4. The number of aliphatic hydroxyl groups is 2. The highest BCUT2D eigenvalue weighted by Crippen LogP contribution is 2.29. The molecule has 0 bridgehead atoms. The van der Waals surface area contributed by atoms with E-state index in [0.717, 1.165) is 5.56 Å². The Balaban J connectivity index is 1.24. The van der Waals surface area contributed by atoms with Gasteiger partial charge in [-0.3, -0.25) is 0 Å². The Bertz CT molecular complexity index is 1400. The average Bonchev–Trinajstić information content (AvgIpc) is 3.30. The lowest BCUT2D eigenvalue weighted by molar-refractivity contribution is -0.150. The van der Waals surface area contributed by atoms with Crippen LogP contribution in [0.3, 0.4) is 0 Å². The summed E-state index contributed by atoms with van der Waals surface area (Å²) >= 11 is 0. The van der Waals surface area contributed by atoms with Gasteiger partial charge in [-0.25, -0.2) is 28.2 Å². The zero-order valence-corrected chi connectivity index (χ0v) is 22.9. The molecular weight excluding hydrogens is 526 g/mol. The molecule has 14 heteroatoms. The van der Waals surface area contributed by atoms with E-state index in [1.165, 1.54) is 17.2 Å². The van der Waals surface area contributed by atoms with E-state index in [1.54, 1.807) is 0 Å². The van der Waals surface area contributed by atoms with E-state index in [1.807, 2.05) is 24.3 Å². The number of hydrogen-bond acceptors (Lipinski definition) is 10. The number of benzene rings is 1. The average molecular weight is 562 g/mol. The number of carbonyl (C=O) groups excluding carboxylic acids is 1. The van der Waals surface area contributed by atoms with Gasteiger partial charge in [-0.15, -0.1) is 0 Å². The molecule has 3 aromatic rings. The fourth-order valence-corrected chi connectivity index (χ4v) is 5.97. The van der Waals surface area contributed by atoms with E-state index in [2.05, 4.69) is 46.4 Å². The number of imidazole rings is 1. The van der Waals surface area contributed by atoms with Crippen molar-refractivity contribution in [3.8, 4) is 0 Å². The van der Waals surface area contributed by atoms with E-state index in [9.17, 15) is 23.4 Å². The van der Waals surface area contributed by atoms with Gasteiger partial charge in [0.1, 0.15) is 30.2 Å². The smallest absolute Gasteiger partial charge is 0.319 e. The Kier molecular flexibility index (Phi) is 8.39. The Morgan fingerprint density at radius 2 is 1.87 bits per heavy atom. The maximum Gasteiger partial charge on any atom is 0.319 e. The third kappa shape index (κ3) is 6.82. The van der Waals surface area contributed by atoms with Crippen LogP contribution in [0.2, 0.25) is 0 Å². The fraction of sp³-hybridized carbons (Fsp3) is 0.520. The molecule has 212 valence electrons. The van der Waals surface area contributed by atoms with Crippen molar-refractivity contribution in [1.29, 1.82) is 0 Å². The molecule has 0 spiro atoms. The van der Waals surface area contributed by atoms with E-state index in [-0.39, 0.29) is 36.6 Å². The molecular formula is C25H35N7O6S. The van der Waals surface area contributed by atoms with Crippen LogP contribution >= 0.6 is 0 Å². The normalized spacial score (nSPS) is 22.1. The first-order chi connectivity index (χ1) is 18.4. The molecule has 4 rings (SSSR count). The number of nitrogens with one attached hydrogen (secondary N) is 2. The lowest BCUT2D eigenvalue weighted by Crippen LogP contribution is -2.53. The van der Waals surface area contributed by atoms with Crippen molar-refractivity contribution < 1.29 is 28.2 Å². The van der Waals surface area contributed by atoms with Gasteiger partial charge in [0.2, 0.25) is 0 Å². The second-order valence-electron chi connectivity index (χ2n) is 10.7. The molecule has 0 saturated carbocycles.